The van der Waals surface area contributed by atoms with E-state index in [1.54, 1.807) is 16.4 Å². The smallest absolute Gasteiger partial charge is 0.253 e. The molecule has 2 saturated heterocycles. The zero-order valence-corrected chi connectivity index (χ0v) is 20.6. The molecule has 1 aromatic heterocycles. The van der Waals surface area contributed by atoms with Gasteiger partial charge in [0.1, 0.15) is 5.82 Å². The molecule has 2 aliphatic rings. The van der Waals surface area contributed by atoms with Gasteiger partial charge in [-0.1, -0.05) is 18.2 Å². The van der Waals surface area contributed by atoms with Gasteiger partial charge in [-0.3, -0.25) is 9.69 Å². The molecule has 0 atom stereocenters. The normalized spacial score (nSPS) is 18.1. The Morgan fingerprint density at radius 1 is 0.971 bits per heavy atom. The molecule has 0 unspecified atom stereocenters. The fraction of sp³-hybridized carbons (Fsp3) is 0.440. The summed E-state index contributed by atoms with van der Waals surface area (Å²) in [5.41, 5.74) is 3.28. The summed E-state index contributed by atoms with van der Waals surface area (Å²) in [6.45, 7) is 6.33. The number of aromatic nitrogens is 2. The van der Waals surface area contributed by atoms with Crippen molar-refractivity contribution < 1.29 is 13.2 Å². The number of fused-ring (bicyclic) bond motifs is 1. The average molecular weight is 482 g/mol. The van der Waals surface area contributed by atoms with Gasteiger partial charge in [-0.15, -0.1) is 0 Å². The third-order valence-electron chi connectivity index (χ3n) is 7.02. The Morgan fingerprint density at radius 2 is 1.68 bits per heavy atom. The molecular weight excluding hydrogens is 450 g/mol. The Kier molecular flexibility index (Phi) is 6.18. The number of hydrogen-bond acceptors (Lipinski definition) is 5. The summed E-state index contributed by atoms with van der Waals surface area (Å²) >= 11 is 0. The number of imidazole rings is 1. The lowest BCUT2D eigenvalue weighted by Crippen LogP contribution is -2.48. The number of carbonyl (C=O) groups is 1. The van der Waals surface area contributed by atoms with Crippen molar-refractivity contribution in [2.75, 3.05) is 39.3 Å². The van der Waals surface area contributed by atoms with Gasteiger partial charge in [-0.25, -0.2) is 13.4 Å². The van der Waals surface area contributed by atoms with Crippen molar-refractivity contribution in [1.29, 1.82) is 0 Å². The van der Waals surface area contributed by atoms with Gasteiger partial charge in [0.15, 0.2) is 0 Å². The van der Waals surface area contributed by atoms with E-state index in [4.69, 9.17) is 4.98 Å². The molecule has 3 heterocycles. The first-order valence-corrected chi connectivity index (χ1v) is 13.3. The summed E-state index contributed by atoms with van der Waals surface area (Å²) in [5.74, 6) is 0.994. The number of likely N-dealkylation sites (tertiary alicyclic amines) is 1. The van der Waals surface area contributed by atoms with Crippen LogP contribution in [-0.2, 0) is 23.6 Å². The first-order chi connectivity index (χ1) is 16.3. The van der Waals surface area contributed by atoms with Crippen molar-refractivity contribution in [3.05, 3.63) is 59.4 Å². The monoisotopic (exact) mass is 481 g/mol. The maximum Gasteiger partial charge on any atom is 0.253 e. The number of sulfonamides is 1. The molecule has 0 radical (unpaired) electrons. The number of aryl methyl sites for hydroxylation is 2. The Hall–Kier alpha value is -2.75. The second-order valence-corrected chi connectivity index (χ2v) is 11.1. The number of hydrogen-bond donors (Lipinski definition) is 0. The molecule has 1 amide bonds. The first kappa shape index (κ1) is 23.0. The van der Waals surface area contributed by atoms with Gasteiger partial charge in [-0.05, 0) is 49.6 Å². The highest BCUT2D eigenvalue weighted by atomic mass is 32.2. The Bertz CT molecular complexity index is 1320. The molecule has 2 aromatic carbocycles. The van der Waals surface area contributed by atoms with E-state index in [0.717, 1.165) is 48.4 Å². The molecule has 0 bridgehead atoms. The van der Waals surface area contributed by atoms with Crippen LogP contribution in [-0.4, -0.2) is 77.2 Å². The van der Waals surface area contributed by atoms with Gasteiger partial charge in [0.05, 0.1) is 22.5 Å². The zero-order chi connectivity index (χ0) is 23.9. The summed E-state index contributed by atoms with van der Waals surface area (Å²) < 4.78 is 29.8. The minimum Gasteiger partial charge on any atom is -0.339 e. The van der Waals surface area contributed by atoms with Gasteiger partial charge < -0.3 is 9.47 Å². The van der Waals surface area contributed by atoms with Gasteiger partial charge in [-0.2, -0.15) is 4.31 Å². The lowest BCUT2D eigenvalue weighted by Gasteiger charge is -2.34. The molecule has 3 aromatic rings. The predicted octanol–water partition coefficient (Wildman–Crippen LogP) is 2.62. The molecule has 0 aliphatic carbocycles. The SMILES string of the molecule is Cc1ccccc1S(=O)(=O)N1CCN(Cc2nc3cc(C(=O)N4CCCC4)ccc3n2C)CC1. The average Bonchev–Trinajstić information content (AvgIpc) is 3.48. The maximum atomic E-state index is 13.1. The number of piperazine rings is 1. The minimum absolute atomic E-state index is 0.0811. The molecule has 0 spiro atoms. The standard InChI is InChI=1S/C25H31N5O3S/c1-19-7-3-4-8-23(19)34(32,33)30-15-13-28(14-16-30)18-24-26-21-17-20(9-10-22(21)27(24)2)25(31)29-11-5-6-12-29/h3-4,7-10,17H,5-6,11-16,18H2,1-2H3. The van der Waals surface area contributed by atoms with E-state index in [2.05, 4.69) is 9.47 Å². The Labute approximate surface area is 200 Å². The number of rotatable bonds is 5. The molecule has 5 rings (SSSR count). The van der Waals surface area contributed by atoms with Gasteiger partial charge in [0.25, 0.3) is 5.91 Å². The first-order valence-electron chi connectivity index (χ1n) is 11.9. The van der Waals surface area contributed by atoms with Crippen molar-refractivity contribution in [2.45, 2.75) is 31.2 Å². The minimum atomic E-state index is -3.49. The Morgan fingerprint density at radius 3 is 2.38 bits per heavy atom. The fourth-order valence-electron chi connectivity index (χ4n) is 4.94. The summed E-state index contributed by atoms with van der Waals surface area (Å²) in [6, 6.07) is 12.9. The second kappa shape index (κ2) is 9.13. The summed E-state index contributed by atoms with van der Waals surface area (Å²) in [5, 5.41) is 0. The van der Waals surface area contributed by atoms with Crippen molar-refractivity contribution in [2.24, 2.45) is 7.05 Å². The van der Waals surface area contributed by atoms with Crippen LogP contribution in [0.2, 0.25) is 0 Å². The molecule has 180 valence electrons. The molecule has 2 aliphatic heterocycles. The quantitative estimate of drug-likeness (QED) is 0.560. The van der Waals surface area contributed by atoms with E-state index in [-0.39, 0.29) is 5.91 Å². The van der Waals surface area contributed by atoms with Crippen LogP contribution in [0, 0.1) is 6.92 Å². The number of carbonyl (C=O) groups excluding carboxylic acids is 1. The summed E-state index contributed by atoms with van der Waals surface area (Å²) in [4.78, 5) is 22.1. The van der Waals surface area contributed by atoms with E-state index in [1.165, 1.54) is 0 Å². The lowest BCUT2D eigenvalue weighted by atomic mass is 10.2. The van der Waals surface area contributed by atoms with E-state index in [9.17, 15) is 13.2 Å². The van der Waals surface area contributed by atoms with Crippen molar-refractivity contribution in [1.82, 2.24) is 23.7 Å². The number of amides is 1. The fourth-order valence-corrected chi connectivity index (χ4v) is 6.59. The Balaban J connectivity index is 1.27. The maximum absolute atomic E-state index is 13.1. The van der Waals surface area contributed by atoms with Gasteiger partial charge in [0.2, 0.25) is 10.0 Å². The van der Waals surface area contributed by atoms with Gasteiger partial charge in [0, 0.05) is 51.9 Å². The molecule has 2 fully saturated rings. The topological polar surface area (TPSA) is 78.8 Å². The summed E-state index contributed by atoms with van der Waals surface area (Å²) in [7, 11) is -1.50. The van der Waals surface area contributed by atoms with Crippen LogP contribution in [0.15, 0.2) is 47.4 Å². The molecule has 0 saturated carbocycles. The van der Waals surface area contributed by atoms with Crippen LogP contribution < -0.4 is 0 Å². The van der Waals surface area contributed by atoms with Gasteiger partial charge >= 0.3 is 0 Å². The zero-order valence-electron chi connectivity index (χ0n) is 19.8. The van der Waals surface area contributed by atoms with E-state index < -0.39 is 10.0 Å². The van der Waals surface area contributed by atoms with Crippen molar-refractivity contribution >= 4 is 27.0 Å². The molecule has 8 nitrogen and oxygen atoms in total. The van der Waals surface area contributed by atoms with E-state index >= 15 is 0 Å². The van der Waals surface area contributed by atoms with Crippen LogP contribution in [0.3, 0.4) is 0 Å². The van der Waals surface area contributed by atoms with Crippen molar-refractivity contribution in [3.63, 3.8) is 0 Å². The van der Waals surface area contributed by atoms with Crippen LogP contribution in [0.25, 0.3) is 11.0 Å². The lowest BCUT2D eigenvalue weighted by molar-refractivity contribution is 0.0793. The molecule has 0 N–H and O–H groups in total. The highest BCUT2D eigenvalue weighted by Crippen LogP contribution is 2.23. The van der Waals surface area contributed by atoms with Crippen LogP contribution in [0.4, 0.5) is 0 Å². The summed E-state index contributed by atoms with van der Waals surface area (Å²) in [6.07, 6.45) is 2.14. The number of nitrogens with zero attached hydrogens (tertiary/aromatic N) is 5. The van der Waals surface area contributed by atoms with E-state index in [1.807, 2.05) is 49.2 Å². The van der Waals surface area contributed by atoms with Crippen LogP contribution >= 0.6 is 0 Å². The van der Waals surface area contributed by atoms with Crippen LogP contribution in [0.5, 0.6) is 0 Å². The predicted molar refractivity (Wildman–Crippen MR) is 131 cm³/mol. The highest BCUT2D eigenvalue weighted by Gasteiger charge is 2.30. The molecule has 9 heteroatoms. The third kappa shape index (κ3) is 4.23. The number of benzene rings is 2. The van der Waals surface area contributed by atoms with E-state index in [0.29, 0.717) is 43.2 Å². The molecule has 34 heavy (non-hydrogen) atoms. The highest BCUT2D eigenvalue weighted by molar-refractivity contribution is 7.89. The second-order valence-electron chi connectivity index (χ2n) is 9.24. The van der Waals surface area contributed by atoms with Crippen molar-refractivity contribution in [3.8, 4) is 0 Å². The van der Waals surface area contributed by atoms with Crippen LogP contribution in [0.1, 0.15) is 34.6 Å². The molecular formula is C25H31N5O3S. The third-order valence-corrected chi connectivity index (χ3v) is 9.08. The largest absolute Gasteiger partial charge is 0.339 e.